The van der Waals surface area contributed by atoms with Crippen molar-refractivity contribution in [2.45, 2.75) is 0 Å². The van der Waals surface area contributed by atoms with Crippen LogP contribution in [-0.4, -0.2) is 61.5 Å². The van der Waals surface area contributed by atoms with Crippen LogP contribution in [0.5, 0.6) is 0 Å². The predicted octanol–water partition coefficient (Wildman–Crippen LogP) is -0.0113. The van der Waals surface area contributed by atoms with Crippen LogP contribution in [-0.2, 0) is 9.53 Å². The number of nitro groups is 1. The van der Waals surface area contributed by atoms with Gasteiger partial charge >= 0.3 is 0 Å². The number of primary amides is 1. The Balaban J connectivity index is 2.17. The van der Waals surface area contributed by atoms with Gasteiger partial charge in [0.1, 0.15) is 5.69 Å². The number of rotatable bonds is 5. The van der Waals surface area contributed by atoms with Gasteiger partial charge in [-0.1, -0.05) is 0 Å². The molecular weight excluding hydrogens is 304 g/mol. The highest BCUT2D eigenvalue weighted by atomic mass is 16.6. The van der Waals surface area contributed by atoms with E-state index in [4.69, 9.17) is 10.5 Å². The second-order valence-corrected chi connectivity index (χ2v) is 5.17. The summed E-state index contributed by atoms with van der Waals surface area (Å²) in [5.41, 5.74) is 5.18. The number of hydrogen-bond acceptors (Lipinski definition) is 6. The molecule has 1 saturated heterocycles. The summed E-state index contributed by atoms with van der Waals surface area (Å²) in [6, 6.07) is 3.94. The first-order valence-electron chi connectivity index (χ1n) is 7.05. The zero-order chi connectivity index (χ0) is 17.0. The van der Waals surface area contributed by atoms with Gasteiger partial charge in [0, 0.05) is 31.8 Å². The summed E-state index contributed by atoms with van der Waals surface area (Å²) in [5.74, 6) is -0.879. The molecule has 0 saturated carbocycles. The summed E-state index contributed by atoms with van der Waals surface area (Å²) in [5, 5.41) is 11.2. The molecule has 2 rings (SSSR count). The van der Waals surface area contributed by atoms with Gasteiger partial charge in [0.05, 0.1) is 24.7 Å². The summed E-state index contributed by atoms with van der Waals surface area (Å²) in [7, 11) is 1.59. The summed E-state index contributed by atoms with van der Waals surface area (Å²) in [6.45, 7) is 1.99. The van der Waals surface area contributed by atoms with E-state index in [1.165, 1.54) is 17.0 Å². The third-order valence-electron chi connectivity index (χ3n) is 3.60. The maximum Gasteiger partial charge on any atom is 0.293 e. The fourth-order valence-corrected chi connectivity index (χ4v) is 2.35. The molecule has 0 aromatic heterocycles. The number of nitrogens with zero attached hydrogens (tertiary/aromatic N) is 3. The number of hydrogen-bond donors (Lipinski definition) is 1. The largest absolute Gasteiger partial charge is 0.378 e. The highest BCUT2D eigenvalue weighted by Crippen LogP contribution is 2.28. The number of amides is 2. The highest BCUT2D eigenvalue weighted by Gasteiger charge is 2.23. The molecule has 0 unspecified atom stereocenters. The Hall–Kier alpha value is -2.68. The fraction of sp³-hybridized carbons (Fsp3) is 0.429. The van der Waals surface area contributed by atoms with Crippen LogP contribution in [0.25, 0.3) is 0 Å². The lowest BCUT2D eigenvalue weighted by Crippen LogP contribution is -2.45. The van der Waals surface area contributed by atoms with E-state index in [2.05, 4.69) is 0 Å². The van der Waals surface area contributed by atoms with Crippen LogP contribution in [0.2, 0.25) is 0 Å². The number of carbonyl (C=O) groups is 2. The predicted molar refractivity (Wildman–Crippen MR) is 82.3 cm³/mol. The molecule has 2 N–H and O–H groups in total. The number of benzene rings is 1. The van der Waals surface area contributed by atoms with Gasteiger partial charge in [-0.25, -0.2) is 0 Å². The zero-order valence-electron chi connectivity index (χ0n) is 12.7. The van der Waals surface area contributed by atoms with Crippen molar-refractivity contribution in [2.24, 2.45) is 5.73 Å². The minimum Gasteiger partial charge on any atom is -0.378 e. The van der Waals surface area contributed by atoms with Crippen molar-refractivity contribution < 1.29 is 19.2 Å². The van der Waals surface area contributed by atoms with Crippen molar-refractivity contribution in [1.29, 1.82) is 0 Å². The summed E-state index contributed by atoms with van der Waals surface area (Å²) in [6.07, 6.45) is 0. The molecule has 0 atom stereocenters. The van der Waals surface area contributed by atoms with E-state index in [1.54, 1.807) is 11.9 Å². The molecule has 0 radical (unpaired) electrons. The van der Waals surface area contributed by atoms with Gasteiger partial charge in [0.25, 0.3) is 5.69 Å². The van der Waals surface area contributed by atoms with Gasteiger partial charge < -0.3 is 20.3 Å². The van der Waals surface area contributed by atoms with Crippen LogP contribution < -0.4 is 10.6 Å². The first-order chi connectivity index (χ1) is 10.9. The summed E-state index contributed by atoms with van der Waals surface area (Å²) in [4.78, 5) is 37.1. The van der Waals surface area contributed by atoms with Crippen molar-refractivity contribution in [3.8, 4) is 0 Å². The van der Waals surface area contributed by atoms with Gasteiger partial charge in [-0.3, -0.25) is 19.7 Å². The average molecular weight is 322 g/mol. The molecule has 1 aliphatic heterocycles. The van der Waals surface area contributed by atoms with Gasteiger partial charge in [0.2, 0.25) is 11.8 Å². The normalized spacial score (nSPS) is 14.4. The highest BCUT2D eigenvalue weighted by molar-refractivity contribution is 5.94. The molecule has 124 valence electrons. The number of likely N-dealkylation sites (N-methyl/N-ethyl adjacent to an activating group) is 1. The van der Waals surface area contributed by atoms with E-state index < -0.39 is 10.8 Å². The van der Waals surface area contributed by atoms with Crippen molar-refractivity contribution in [1.82, 2.24) is 4.90 Å². The molecule has 1 aliphatic rings. The van der Waals surface area contributed by atoms with E-state index in [0.717, 1.165) is 6.07 Å². The van der Waals surface area contributed by atoms with Crippen molar-refractivity contribution in [3.63, 3.8) is 0 Å². The first kappa shape index (κ1) is 16.7. The molecule has 0 bridgehead atoms. The van der Waals surface area contributed by atoms with Gasteiger partial charge in [-0.15, -0.1) is 0 Å². The monoisotopic (exact) mass is 322 g/mol. The standard InChI is InChI=1S/C14H18N4O5/c1-16(9-13(19)17-4-6-23-7-5-17)11-3-2-10(14(15)20)8-12(11)18(21)22/h2-3,8H,4-7,9H2,1H3,(H2,15,20). The van der Waals surface area contributed by atoms with Crippen molar-refractivity contribution >= 4 is 23.2 Å². The van der Waals surface area contributed by atoms with E-state index in [-0.39, 0.29) is 29.4 Å². The van der Waals surface area contributed by atoms with E-state index >= 15 is 0 Å². The van der Waals surface area contributed by atoms with Crippen molar-refractivity contribution in [2.75, 3.05) is 44.8 Å². The number of morpholine rings is 1. The Kier molecular flexibility index (Phi) is 5.12. The van der Waals surface area contributed by atoms with Crippen LogP contribution in [0.1, 0.15) is 10.4 Å². The number of nitrogens with two attached hydrogens (primary N) is 1. The van der Waals surface area contributed by atoms with Crippen LogP contribution >= 0.6 is 0 Å². The Morgan fingerprint density at radius 3 is 2.61 bits per heavy atom. The molecule has 0 spiro atoms. The smallest absolute Gasteiger partial charge is 0.293 e. The minimum absolute atomic E-state index is 0.00322. The molecule has 1 fully saturated rings. The van der Waals surface area contributed by atoms with Crippen LogP contribution in [0.4, 0.5) is 11.4 Å². The quantitative estimate of drug-likeness (QED) is 0.601. The molecule has 9 nitrogen and oxygen atoms in total. The lowest BCUT2D eigenvalue weighted by molar-refractivity contribution is -0.384. The van der Waals surface area contributed by atoms with E-state index in [0.29, 0.717) is 26.3 Å². The Morgan fingerprint density at radius 2 is 2.04 bits per heavy atom. The first-order valence-corrected chi connectivity index (χ1v) is 7.05. The molecule has 1 heterocycles. The Morgan fingerprint density at radius 1 is 1.39 bits per heavy atom. The molecular formula is C14H18N4O5. The van der Waals surface area contributed by atoms with Gasteiger partial charge in [0.15, 0.2) is 0 Å². The second-order valence-electron chi connectivity index (χ2n) is 5.17. The molecule has 1 aromatic rings. The summed E-state index contributed by atoms with van der Waals surface area (Å²) >= 11 is 0. The number of ether oxygens (including phenoxy) is 1. The second kappa shape index (κ2) is 7.05. The van der Waals surface area contributed by atoms with Gasteiger partial charge in [-0.2, -0.15) is 0 Å². The maximum atomic E-state index is 12.2. The maximum absolute atomic E-state index is 12.2. The lowest BCUT2D eigenvalue weighted by atomic mass is 10.1. The number of anilines is 1. The minimum atomic E-state index is -0.744. The average Bonchev–Trinajstić information content (AvgIpc) is 2.54. The van der Waals surface area contributed by atoms with Crippen molar-refractivity contribution in [3.05, 3.63) is 33.9 Å². The fourth-order valence-electron chi connectivity index (χ4n) is 2.35. The molecule has 2 amide bonds. The topological polar surface area (TPSA) is 119 Å². The summed E-state index contributed by atoms with van der Waals surface area (Å²) < 4.78 is 5.19. The van der Waals surface area contributed by atoms with E-state index in [1.807, 2.05) is 0 Å². The molecule has 9 heteroatoms. The van der Waals surface area contributed by atoms with Gasteiger partial charge in [-0.05, 0) is 12.1 Å². The van der Waals surface area contributed by atoms with E-state index in [9.17, 15) is 19.7 Å². The number of carbonyl (C=O) groups excluding carboxylic acids is 2. The third kappa shape index (κ3) is 3.95. The lowest BCUT2D eigenvalue weighted by Gasteiger charge is -2.29. The molecule has 23 heavy (non-hydrogen) atoms. The third-order valence-corrected chi connectivity index (χ3v) is 3.60. The SMILES string of the molecule is CN(CC(=O)N1CCOCC1)c1ccc(C(N)=O)cc1[N+](=O)[O-]. The Bertz CT molecular complexity index is 628. The number of nitro benzene ring substituents is 1. The molecule has 0 aliphatic carbocycles. The molecule has 1 aromatic carbocycles. The Labute approximate surface area is 132 Å². The zero-order valence-corrected chi connectivity index (χ0v) is 12.7. The van der Waals surface area contributed by atoms with Crippen LogP contribution in [0, 0.1) is 10.1 Å². The van der Waals surface area contributed by atoms with Crippen LogP contribution in [0.15, 0.2) is 18.2 Å². The van der Waals surface area contributed by atoms with Crippen LogP contribution in [0.3, 0.4) is 0 Å².